The first-order chi connectivity index (χ1) is 6.83. The highest BCUT2D eigenvalue weighted by Crippen LogP contribution is 2.41. The summed E-state index contributed by atoms with van der Waals surface area (Å²) >= 11 is 0. The molecule has 1 aliphatic rings. The molecule has 1 rings (SSSR count). The summed E-state index contributed by atoms with van der Waals surface area (Å²) in [5.74, 6) is 3.72. The zero-order valence-electron chi connectivity index (χ0n) is 10.0. The fraction of sp³-hybridized carbons (Fsp3) is 0.857. The average Bonchev–Trinajstić information content (AvgIpc) is 2.26. The van der Waals surface area contributed by atoms with Crippen molar-refractivity contribution in [3.8, 4) is 0 Å². The van der Waals surface area contributed by atoms with Gasteiger partial charge in [0.1, 0.15) is 0 Å². The van der Waals surface area contributed by atoms with Gasteiger partial charge in [-0.05, 0) is 37.0 Å². The van der Waals surface area contributed by atoms with Crippen LogP contribution in [0.3, 0.4) is 0 Å². The zero-order valence-corrected chi connectivity index (χ0v) is 10.0. The van der Waals surface area contributed by atoms with E-state index in [1.807, 2.05) is 5.92 Å². The highest BCUT2D eigenvalue weighted by Gasteiger charge is 2.29. The monoisotopic (exact) mass is 194 g/mol. The zero-order chi connectivity index (χ0) is 10.4. The fourth-order valence-corrected chi connectivity index (χ4v) is 3.01. The molecular formula is C14H26. The van der Waals surface area contributed by atoms with Gasteiger partial charge in [0, 0.05) is 0 Å². The van der Waals surface area contributed by atoms with Crippen LogP contribution in [0.2, 0.25) is 0 Å². The Morgan fingerprint density at radius 2 is 2.14 bits per heavy atom. The van der Waals surface area contributed by atoms with Gasteiger partial charge in [-0.25, -0.2) is 0 Å². The van der Waals surface area contributed by atoms with Crippen molar-refractivity contribution < 1.29 is 0 Å². The van der Waals surface area contributed by atoms with Crippen molar-refractivity contribution in [2.45, 2.75) is 65.2 Å². The molecule has 0 amide bonds. The second-order valence-corrected chi connectivity index (χ2v) is 4.67. The summed E-state index contributed by atoms with van der Waals surface area (Å²) in [5.41, 5.74) is 0. The third-order valence-corrected chi connectivity index (χ3v) is 3.85. The van der Waals surface area contributed by atoms with E-state index in [4.69, 9.17) is 0 Å². The molecule has 0 nitrogen and oxygen atoms in total. The predicted molar refractivity (Wildman–Crippen MR) is 63.9 cm³/mol. The lowest BCUT2D eigenvalue weighted by Crippen LogP contribution is -2.24. The van der Waals surface area contributed by atoms with Crippen LogP contribution in [0.15, 0.2) is 0 Å². The first-order valence-electron chi connectivity index (χ1n) is 6.48. The van der Waals surface area contributed by atoms with Gasteiger partial charge in [-0.2, -0.15) is 0 Å². The molecule has 2 radical (unpaired) electrons. The van der Waals surface area contributed by atoms with Gasteiger partial charge in [-0.3, -0.25) is 0 Å². The van der Waals surface area contributed by atoms with Gasteiger partial charge in [0.05, 0.1) is 0 Å². The van der Waals surface area contributed by atoms with Crippen LogP contribution in [0.5, 0.6) is 0 Å². The molecule has 0 heterocycles. The second-order valence-electron chi connectivity index (χ2n) is 4.67. The Hall–Kier alpha value is 0. The molecule has 0 saturated heterocycles. The minimum Gasteiger partial charge on any atom is -0.0651 e. The van der Waals surface area contributed by atoms with Gasteiger partial charge in [0.2, 0.25) is 0 Å². The minimum atomic E-state index is 0.887. The van der Waals surface area contributed by atoms with E-state index in [1.165, 1.54) is 44.9 Å². The number of hydrogen-bond acceptors (Lipinski definition) is 0. The van der Waals surface area contributed by atoms with Crippen LogP contribution in [0.1, 0.15) is 65.2 Å². The summed E-state index contributed by atoms with van der Waals surface area (Å²) in [5, 5.41) is 0. The van der Waals surface area contributed by atoms with Crippen LogP contribution in [0.4, 0.5) is 0 Å². The molecule has 14 heavy (non-hydrogen) atoms. The van der Waals surface area contributed by atoms with E-state index in [2.05, 4.69) is 20.8 Å². The van der Waals surface area contributed by atoms with Crippen molar-refractivity contribution in [3.63, 3.8) is 0 Å². The standard InChI is InChI=1S/C14H26/c1-4-9-12(5-2)14-11-8-7-10-13(14)6-3/h12-13H,1,4-11H2,2-3H3. The van der Waals surface area contributed by atoms with Gasteiger partial charge in [-0.1, -0.05) is 52.9 Å². The molecule has 0 aliphatic heterocycles. The Morgan fingerprint density at radius 3 is 2.71 bits per heavy atom. The SMILES string of the molecule is [CH2]CCC(CC)[C]1CCCCC1CC. The highest BCUT2D eigenvalue weighted by atomic mass is 14.3. The molecule has 2 unspecified atom stereocenters. The smallest absolute Gasteiger partial charge is 0.0179 e. The van der Waals surface area contributed by atoms with E-state index in [9.17, 15) is 0 Å². The van der Waals surface area contributed by atoms with Gasteiger partial charge in [0.15, 0.2) is 0 Å². The molecule has 0 N–H and O–H groups in total. The Morgan fingerprint density at radius 1 is 1.36 bits per heavy atom. The maximum atomic E-state index is 4.01. The first-order valence-corrected chi connectivity index (χ1v) is 6.48. The largest absolute Gasteiger partial charge is 0.0651 e. The van der Waals surface area contributed by atoms with Crippen molar-refractivity contribution in [1.29, 1.82) is 0 Å². The van der Waals surface area contributed by atoms with Gasteiger partial charge in [-0.15, -0.1) is 0 Å². The Balaban J connectivity index is 2.51. The molecular weight excluding hydrogens is 168 g/mol. The lowest BCUT2D eigenvalue weighted by molar-refractivity contribution is 0.298. The molecule has 0 aromatic rings. The van der Waals surface area contributed by atoms with Crippen LogP contribution in [-0.2, 0) is 0 Å². The van der Waals surface area contributed by atoms with Crippen molar-refractivity contribution in [1.82, 2.24) is 0 Å². The Labute approximate surface area is 90.5 Å². The molecule has 0 bridgehead atoms. The van der Waals surface area contributed by atoms with Crippen molar-refractivity contribution in [3.05, 3.63) is 12.8 Å². The summed E-state index contributed by atoms with van der Waals surface area (Å²) in [7, 11) is 0. The Bertz CT molecular complexity index is 139. The summed E-state index contributed by atoms with van der Waals surface area (Å²) < 4.78 is 0. The number of rotatable bonds is 5. The third-order valence-electron chi connectivity index (χ3n) is 3.85. The first kappa shape index (κ1) is 12.1. The van der Waals surface area contributed by atoms with Crippen LogP contribution in [-0.4, -0.2) is 0 Å². The van der Waals surface area contributed by atoms with Crippen LogP contribution < -0.4 is 0 Å². The molecule has 1 fully saturated rings. The fourth-order valence-electron chi connectivity index (χ4n) is 3.01. The lowest BCUT2D eigenvalue weighted by atomic mass is 9.69. The maximum Gasteiger partial charge on any atom is -0.0179 e. The van der Waals surface area contributed by atoms with Crippen molar-refractivity contribution >= 4 is 0 Å². The second kappa shape index (κ2) is 6.48. The molecule has 0 aromatic carbocycles. The topological polar surface area (TPSA) is 0 Å². The molecule has 82 valence electrons. The highest BCUT2D eigenvalue weighted by molar-refractivity contribution is 5.03. The van der Waals surface area contributed by atoms with Crippen molar-refractivity contribution in [2.75, 3.05) is 0 Å². The van der Waals surface area contributed by atoms with Crippen LogP contribution >= 0.6 is 0 Å². The van der Waals surface area contributed by atoms with E-state index in [-0.39, 0.29) is 0 Å². The van der Waals surface area contributed by atoms with Gasteiger partial charge in [0.25, 0.3) is 0 Å². The molecule has 2 atom stereocenters. The van der Waals surface area contributed by atoms with E-state index >= 15 is 0 Å². The maximum absolute atomic E-state index is 4.01. The summed E-state index contributed by atoms with van der Waals surface area (Å²) in [6.45, 7) is 8.70. The minimum absolute atomic E-state index is 0.887. The van der Waals surface area contributed by atoms with Crippen LogP contribution in [0.25, 0.3) is 0 Å². The summed E-state index contributed by atoms with van der Waals surface area (Å²) in [4.78, 5) is 0. The molecule has 1 saturated carbocycles. The predicted octanol–water partition coefficient (Wildman–Crippen LogP) is 4.80. The number of hydrogen-bond donors (Lipinski definition) is 0. The molecule has 1 aliphatic carbocycles. The normalized spacial score (nSPS) is 26.4. The molecule has 0 aromatic heterocycles. The van der Waals surface area contributed by atoms with Crippen molar-refractivity contribution in [2.24, 2.45) is 11.8 Å². The lowest BCUT2D eigenvalue weighted by Gasteiger charge is -2.36. The van der Waals surface area contributed by atoms with E-state index in [1.54, 1.807) is 0 Å². The molecule has 0 spiro atoms. The van der Waals surface area contributed by atoms with E-state index in [0.717, 1.165) is 18.3 Å². The molecule has 0 heteroatoms. The van der Waals surface area contributed by atoms with E-state index < -0.39 is 0 Å². The van der Waals surface area contributed by atoms with E-state index in [0.29, 0.717) is 0 Å². The Kier molecular flexibility index (Phi) is 5.59. The quantitative estimate of drug-likeness (QED) is 0.589. The van der Waals surface area contributed by atoms with Gasteiger partial charge < -0.3 is 0 Å². The average molecular weight is 194 g/mol. The van der Waals surface area contributed by atoms with Gasteiger partial charge >= 0.3 is 0 Å². The van der Waals surface area contributed by atoms with Crippen LogP contribution in [0, 0.1) is 24.7 Å². The third kappa shape index (κ3) is 3.00. The summed E-state index contributed by atoms with van der Waals surface area (Å²) in [6.07, 6.45) is 10.9. The summed E-state index contributed by atoms with van der Waals surface area (Å²) in [6, 6.07) is 0.